The summed E-state index contributed by atoms with van der Waals surface area (Å²) in [5.41, 5.74) is 2.44. The SMILES string of the molecule is Cc1cc(OCCF)ccc1N1CCCNCC1. The molecule has 0 atom stereocenters. The van der Waals surface area contributed by atoms with Crippen LogP contribution in [0.25, 0.3) is 0 Å². The first-order valence-corrected chi connectivity index (χ1v) is 6.56. The van der Waals surface area contributed by atoms with Gasteiger partial charge in [0.15, 0.2) is 0 Å². The second kappa shape index (κ2) is 6.59. The number of hydrogen-bond donors (Lipinski definition) is 1. The molecule has 0 unspecified atom stereocenters. The standard InChI is InChI=1S/C14H21FN2O/c1-12-11-13(18-10-5-15)3-4-14(12)17-8-2-6-16-7-9-17/h3-4,11,16H,2,5-10H2,1H3. The van der Waals surface area contributed by atoms with Gasteiger partial charge in [-0.25, -0.2) is 4.39 Å². The Balaban J connectivity index is 2.08. The van der Waals surface area contributed by atoms with Crippen molar-refractivity contribution in [3.05, 3.63) is 23.8 Å². The maximum absolute atomic E-state index is 12.1. The highest BCUT2D eigenvalue weighted by atomic mass is 19.1. The predicted molar refractivity (Wildman–Crippen MR) is 72.3 cm³/mol. The number of hydrogen-bond acceptors (Lipinski definition) is 3. The molecule has 1 aliphatic heterocycles. The maximum atomic E-state index is 12.1. The number of aryl methyl sites for hydroxylation is 1. The fourth-order valence-corrected chi connectivity index (χ4v) is 2.32. The Morgan fingerprint density at radius 3 is 3.00 bits per heavy atom. The lowest BCUT2D eigenvalue weighted by atomic mass is 10.1. The summed E-state index contributed by atoms with van der Waals surface area (Å²) in [6.45, 7) is 6.00. The molecule has 18 heavy (non-hydrogen) atoms. The molecule has 1 aliphatic rings. The van der Waals surface area contributed by atoms with Gasteiger partial charge in [-0.2, -0.15) is 0 Å². The summed E-state index contributed by atoms with van der Waals surface area (Å²) >= 11 is 0. The number of anilines is 1. The minimum absolute atomic E-state index is 0.131. The summed E-state index contributed by atoms with van der Waals surface area (Å²) < 4.78 is 17.4. The van der Waals surface area contributed by atoms with Crippen molar-refractivity contribution in [2.75, 3.05) is 44.4 Å². The predicted octanol–water partition coefficient (Wildman–Crippen LogP) is 2.14. The topological polar surface area (TPSA) is 24.5 Å². The lowest BCUT2D eigenvalue weighted by Gasteiger charge is -2.24. The third-order valence-electron chi connectivity index (χ3n) is 3.19. The molecule has 0 bridgehead atoms. The van der Waals surface area contributed by atoms with Gasteiger partial charge in [-0.15, -0.1) is 0 Å². The molecule has 0 amide bonds. The summed E-state index contributed by atoms with van der Waals surface area (Å²) in [6.07, 6.45) is 1.17. The van der Waals surface area contributed by atoms with Crippen LogP contribution in [0.4, 0.5) is 10.1 Å². The van der Waals surface area contributed by atoms with E-state index in [2.05, 4.69) is 23.2 Å². The number of ether oxygens (including phenoxy) is 1. The molecule has 2 rings (SSSR count). The van der Waals surface area contributed by atoms with Crippen molar-refractivity contribution in [1.82, 2.24) is 5.32 Å². The van der Waals surface area contributed by atoms with Gasteiger partial charge >= 0.3 is 0 Å². The normalized spacial score (nSPS) is 16.4. The van der Waals surface area contributed by atoms with Crippen molar-refractivity contribution in [3.63, 3.8) is 0 Å². The minimum Gasteiger partial charge on any atom is -0.491 e. The van der Waals surface area contributed by atoms with Gasteiger partial charge in [0.05, 0.1) is 0 Å². The van der Waals surface area contributed by atoms with Gasteiger partial charge in [0.2, 0.25) is 0 Å². The lowest BCUT2D eigenvalue weighted by molar-refractivity contribution is 0.273. The van der Waals surface area contributed by atoms with Gasteiger partial charge in [-0.05, 0) is 43.7 Å². The minimum atomic E-state index is -0.446. The second-order valence-electron chi connectivity index (χ2n) is 4.58. The number of benzene rings is 1. The van der Waals surface area contributed by atoms with Crippen LogP contribution in [0.1, 0.15) is 12.0 Å². The molecule has 1 fully saturated rings. The number of halogens is 1. The van der Waals surface area contributed by atoms with E-state index in [1.807, 2.05) is 12.1 Å². The number of nitrogens with one attached hydrogen (secondary N) is 1. The van der Waals surface area contributed by atoms with E-state index in [0.717, 1.165) is 31.9 Å². The van der Waals surface area contributed by atoms with Crippen LogP contribution in [-0.4, -0.2) is 39.5 Å². The molecule has 0 aromatic heterocycles. The number of nitrogens with zero attached hydrogens (tertiary/aromatic N) is 1. The van der Waals surface area contributed by atoms with E-state index in [1.165, 1.54) is 17.7 Å². The average molecular weight is 252 g/mol. The lowest BCUT2D eigenvalue weighted by Crippen LogP contribution is -2.28. The third-order valence-corrected chi connectivity index (χ3v) is 3.19. The van der Waals surface area contributed by atoms with E-state index in [9.17, 15) is 4.39 Å². The maximum Gasteiger partial charge on any atom is 0.123 e. The Morgan fingerprint density at radius 1 is 1.33 bits per heavy atom. The molecule has 0 spiro atoms. The fraction of sp³-hybridized carbons (Fsp3) is 0.571. The monoisotopic (exact) mass is 252 g/mol. The quantitative estimate of drug-likeness (QED) is 0.888. The first-order valence-electron chi connectivity index (χ1n) is 6.56. The van der Waals surface area contributed by atoms with Crippen LogP contribution in [0.15, 0.2) is 18.2 Å². The Hall–Kier alpha value is -1.29. The molecule has 0 saturated carbocycles. The van der Waals surface area contributed by atoms with E-state index in [1.54, 1.807) is 0 Å². The van der Waals surface area contributed by atoms with Gasteiger partial charge < -0.3 is 15.0 Å². The molecule has 1 heterocycles. The molecule has 0 aliphatic carbocycles. The van der Waals surface area contributed by atoms with Crippen LogP contribution in [0, 0.1) is 6.92 Å². The van der Waals surface area contributed by atoms with Crippen molar-refractivity contribution in [3.8, 4) is 5.75 Å². The third kappa shape index (κ3) is 3.35. The highest BCUT2D eigenvalue weighted by molar-refractivity contribution is 5.56. The molecule has 1 aromatic carbocycles. The molecule has 1 aromatic rings. The first kappa shape index (κ1) is 13.1. The van der Waals surface area contributed by atoms with Crippen LogP contribution < -0.4 is 15.0 Å². The average Bonchev–Trinajstić information content (AvgIpc) is 2.65. The molecule has 1 saturated heterocycles. The van der Waals surface area contributed by atoms with Gasteiger partial charge in [0.25, 0.3) is 0 Å². The highest BCUT2D eigenvalue weighted by Crippen LogP contribution is 2.25. The van der Waals surface area contributed by atoms with Crippen molar-refractivity contribution >= 4 is 5.69 Å². The zero-order valence-corrected chi connectivity index (χ0v) is 10.9. The molecule has 100 valence electrons. The Morgan fingerprint density at radius 2 is 2.22 bits per heavy atom. The van der Waals surface area contributed by atoms with E-state index in [4.69, 9.17) is 4.74 Å². The molecule has 0 radical (unpaired) electrons. The Bertz CT molecular complexity index is 376. The van der Waals surface area contributed by atoms with Crippen LogP contribution in [0.2, 0.25) is 0 Å². The zero-order valence-electron chi connectivity index (χ0n) is 10.9. The summed E-state index contributed by atoms with van der Waals surface area (Å²) in [5, 5.41) is 3.40. The van der Waals surface area contributed by atoms with Crippen LogP contribution in [-0.2, 0) is 0 Å². The Labute approximate surface area is 108 Å². The van der Waals surface area contributed by atoms with Crippen molar-refractivity contribution in [2.45, 2.75) is 13.3 Å². The smallest absolute Gasteiger partial charge is 0.123 e. The number of alkyl halides is 1. The summed E-state index contributed by atoms with van der Waals surface area (Å²) in [7, 11) is 0. The van der Waals surface area contributed by atoms with E-state index >= 15 is 0 Å². The highest BCUT2D eigenvalue weighted by Gasteiger charge is 2.12. The van der Waals surface area contributed by atoms with E-state index in [-0.39, 0.29) is 6.61 Å². The number of rotatable bonds is 4. The second-order valence-corrected chi connectivity index (χ2v) is 4.58. The van der Waals surface area contributed by atoms with Gasteiger partial charge in [-0.1, -0.05) is 0 Å². The van der Waals surface area contributed by atoms with Crippen molar-refractivity contribution in [2.24, 2.45) is 0 Å². The Kier molecular flexibility index (Phi) is 4.81. The molecule has 3 nitrogen and oxygen atoms in total. The van der Waals surface area contributed by atoms with Gasteiger partial charge in [-0.3, -0.25) is 0 Å². The van der Waals surface area contributed by atoms with E-state index < -0.39 is 6.67 Å². The summed E-state index contributed by atoms with van der Waals surface area (Å²) in [6, 6.07) is 5.99. The van der Waals surface area contributed by atoms with Crippen molar-refractivity contribution < 1.29 is 9.13 Å². The van der Waals surface area contributed by atoms with Crippen LogP contribution in [0.3, 0.4) is 0 Å². The summed E-state index contributed by atoms with van der Waals surface area (Å²) in [4.78, 5) is 2.40. The van der Waals surface area contributed by atoms with Gasteiger partial charge in [0.1, 0.15) is 19.0 Å². The van der Waals surface area contributed by atoms with E-state index in [0.29, 0.717) is 0 Å². The first-order chi connectivity index (χ1) is 8.81. The van der Waals surface area contributed by atoms with Crippen LogP contribution in [0.5, 0.6) is 5.75 Å². The molecular weight excluding hydrogens is 231 g/mol. The molecule has 1 N–H and O–H groups in total. The largest absolute Gasteiger partial charge is 0.491 e. The van der Waals surface area contributed by atoms with Gasteiger partial charge in [0, 0.05) is 25.3 Å². The summed E-state index contributed by atoms with van der Waals surface area (Å²) in [5.74, 6) is 0.752. The molecule has 4 heteroatoms. The van der Waals surface area contributed by atoms with Crippen LogP contribution >= 0.6 is 0 Å². The zero-order chi connectivity index (χ0) is 12.8. The fourth-order valence-electron chi connectivity index (χ4n) is 2.32. The molecular formula is C14H21FN2O. The van der Waals surface area contributed by atoms with Crippen molar-refractivity contribution in [1.29, 1.82) is 0 Å².